The molecule has 0 aromatic heterocycles. The Morgan fingerprint density at radius 1 is 1.33 bits per heavy atom. The Morgan fingerprint density at radius 2 is 1.94 bits per heavy atom. The highest BCUT2D eigenvalue weighted by atomic mass is 79.9. The van der Waals surface area contributed by atoms with E-state index in [9.17, 15) is 9.59 Å². The van der Waals surface area contributed by atoms with Gasteiger partial charge in [0.1, 0.15) is 0 Å². The van der Waals surface area contributed by atoms with E-state index in [2.05, 4.69) is 21.2 Å². The molecule has 0 spiro atoms. The molecule has 2 N–H and O–H groups in total. The Kier molecular flexibility index (Phi) is 5.85. The predicted molar refractivity (Wildman–Crippen MR) is 72.3 cm³/mol. The van der Waals surface area contributed by atoms with E-state index < -0.39 is 5.97 Å². The van der Waals surface area contributed by atoms with E-state index in [-0.39, 0.29) is 18.4 Å². The molecule has 18 heavy (non-hydrogen) atoms. The van der Waals surface area contributed by atoms with Crippen LogP contribution in [0.1, 0.15) is 25.3 Å². The van der Waals surface area contributed by atoms with Gasteiger partial charge in [-0.3, -0.25) is 9.59 Å². The molecule has 0 aliphatic carbocycles. The van der Waals surface area contributed by atoms with Crippen LogP contribution in [-0.2, 0) is 16.0 Å². The number of rotatable bonds is 6. The molecule has 0 aliphatic rings. The summed E-state index contributed by atoms with van der Waals surface area (Å²) in [5.74, 6) is -1.03. The Morgan fingerprint density at radius 3 is 2.50 bits per heavy atom. The maximum absolute atomic E-state index is 11.6. The summed E-state index contributed by atoms with van der Waals surface area (Å²) >= 11 is 3.35. The fourth-order valence-corrected chi connectivity index (χ4v) is 1.83. The number of amides is 1. The van der Waals surface area contributed by atoms with Crippen molar-refractivity contribution in [3.63, 3.8) is 0 Å². The number of aryl methyl sites for hydroxylation is 1. The summed E-state index contributed by atoms with van der Waals surface area (Å²) in [4.78, 5) is 22.0. The summed E-state index contributed by atoms with van der Waals surface area (Å²) < 4.78 is 1.01. The van der Waals surface area contributed by atoms with E-state index in [1.165, 1.54) is 0 Å². The zero-order chi connectivity index (χ0) is 13.5. The van der Waals surface area contributed by atoms with Crippen molar-refractivity contribution < 1.29 is 14.7 Å². The molecule has 0 bridgehead atoms. The molecule has 0 radical (unpaired) electrons. The van der Waals surface area contributed by atoms with Crippen molar-refractivity contribution in [3.05, 3.63) is 34.3 Å². The molecule has 1 atom stereocenters. The van der Waals surface area contributed by atoms with Gasteiger partial charge in [0.2, 0.25) is 5.91 Å². The van der Waals surface area contributed by atoms with Gasteiger partial charge in [-0.2, -0.15) is 0 Å². The zero-order valence-electron chi connectivity index (χ0n) is 10.1. The van der Waals surface area contributed by atoms with Crippen molar-refractivity contribution in [1.82, 2.24) is 5.32 Å². The van der Waals surface area contributed by atoms with E-state index in [1.54, 1.807) is 6.92 Å². The molecule has 0 saturated heterocycles. The monoisotopic (exact) mass is 313 g/mol. The molecule has 0 fully saturated rings. The topological polar surface area (TPSA) is 66.4 Å². The van der Waals surface area contributed by atoms with Gasteiger partial charge in [-0.15, -0.1) is 0 Å². The van der Waals surface area contributed by atoms with Crippen molar-refractivity contribution in [2.24, 2.45) is 0 Å². The second kappa shape index (κ2) is 7.16. The summed E-state index contributed by atoms with van der Waals surface area (Å²) in [7, 11) is 0. The molecule has 1 aromatic carbocycles. The molecule has 1 unspecified atom stereocenters. The van der Waals surface area contributed by atoms with E-state index >= 15 is 0 Å². The van der Waals surface area contributed by atoms with E-state index in [0.29, 0.717) is 12.8 Å². The lowest BCUT2D eigenvalue weighted by Crippen LogP contribution is -2.34. The van der Waals surface area contributed by atoms with Crippen LogP contribution in [0, 0.1) is 0 Å². The largest absolute Gasteiger partial charge is 0.481 e. The van der Waals surface area contributed by atoms with Crippen molar-refractivity contribution in [2.45, 2.75) is 32.2 Å². The number of carboxylic acids is 1. The van der Waals surface area contributed by atoms with Gasteiger partial charge in [0, 0.05) is 16.9 Å². The third-order valence-corrected chi connectivity index (χ3v) is 2.97. The highest BCUT2D eigenvalue weighted by Crippen LogP contribution is 2.11. The van der Waals surface area contributed by atoms with Gasteiger partial charge in [0.25, 0.3) is 0 Å². The van der Waals surface area contributed by atoms with Crippen molar-refractivity contribution in [3.8, 4) is 0 Å². The van der Waals surface area contributed by atoms with Crippen LogP contribution in [0.3, 0.4) is 0 Å². The molecule has 4 nitrogen and oxygen atoms in total. The van der Waals surface area contributed by atoms with Crippen LogP contribution >= 0.6 is 15.9 Å². The fourth-order valence-electron chi connectivity index (χ4n) is 1.57. The molecule has 0 saturated carbocycles. The van der Waals surface area contributed by atoms with Gasteiger partial charge >= 0.3 is 5.97 Å². The summed E-state index contributed by atoms with van der Waals surface area (Å²) in [5.41, 5.74) is 1.08. The number of nitrogens with one attached hydrogen (secondary N) is 1. The lowest BCUT2D eigenvalue weighted by molar-refractivity contribution is -0.137. The lowest BCUT2D eigenvalue weighted by Gasteiger charge is -2.11. The smallest absolute Gasteiger partial charge is 0.305 e. The quantitative estimate of drug-likeness (QED) is 0.847. The summed E-state index contributed by atoms with van der Waals surface area (Å²) in [6.45, 7) is 1.69. The van der Waals surface area contributed by atoms with Crippen LogP contribution in [0.2, 0.25) is 0 Å². The second-order valence-electron chi connectivity index (χ2n) is 4.19. The summed E-state index contributed by atoms with van der Waals surface area (Å²) in [6, 6.07) is 7.44. The number of halogens is 1. The number of carbonyl (C=O) groups excluding carboxylic acids is 1. The number of aliphatic carboxylic acids is 1. The first-order valence-corrected chi connectivity index (χ1v) is 6.52. The van der Waals surface area contributed by atoms with Crippen LogP contribution < -0.4 is 5.32 Å². The molecule has 1 aromatic rings. The van der Waals surface area contributed by atoms with Gasteiger partial charge in [0.15, 0.2) is 0 Å². The number of carboxylic acid groups (broad SMARTS) is 1. The van der Waals surface area contributed by atoms with Gasteiger partial charge in [-0.25, -0.2) is 0 Å². The van der Waals surface area contributed by atoms with Crippen molar-refractivity contribution in [2.75, 3.05) is 0 Å². The van der Waals surface area contributed by atoms with Crippen LogP contribution in [0.5, 0.6) is 0 Å². The number of benzene rings is 1. The Labute approximate surface area is 115 Å². The predicted octanol–water partition coefficient (Wildman–Crippen LogP) is 2.36. The minimum absolute atomic E-state index is 0.0516. The second-order valence-corrected chi connectivity index (χ2v) is 5.11. The zero-order valence-corrected chi connectivity index (χ0v) is 11.7. The lowest BCUT2D eigenvalue weighted by atomic mass is 10.1. The van der Waals surface area contributed by atoms with Gasteiger partial charge < -0.3 is 10.4 Å². The van der Waals surface area contributed by atoms with E-state index in [0.717, 1.165) is 10.0 Å². The molecule has 98 valence electrons. The van der Waals surface area contributed by atoms with Crippen LogP contribution in [0.25, 0.3) is 0 Å². The molecule has 0 heterocycles. The van der Waals surface area contributed by atoms with Crippen molar-refractivity contribution in [1.29, 1.82) is 0 Å². The molecule has 1 amide bonds. The Hall–Kier alpha value is -1.36. The third kappa shape index (κ3) is 5.82. The average molecular weight is 314 g/mol. The maximum Gasteiger partial charge on any atom is 0.305 e. The van der Waals surface area contributed by atoms with E-state index in [1.807, 2.05) is 24.3 Å². The number of hydrogen-bond donors (Lipinski definition) is 2. The van der Waals surface area contributed by atoms with Gasteiger partial charge in [-0.05, 0) is 31.0 Å². The minimum atomic E-state index is -0.907. The average Bonchev–Trinajstić information content (AvgIpc) is 2.27. The van der Waals surface area contributed by atoms with Crippen LogP contribution in [-0.4, -0.2) is 23.0 Å². The first-order valence-electron chi connectivity index (χ1n) is 5.73. The van der Waals surface area contributed by atoms with Crippen LogP contribution in [0.4, 0.5) is 0 Å². The maximum atomic E-state index is 11.6. The first kappa shape index (κ1) is 14.7. The molecular formula is C13H16BrNO3. The summed E-state index contributed by atoms with van der Waals surface area (Å²) in [5, 5.41) is 11.2. The normalized spacial score (nSPS) is 11.9. The fraction of sp³-hybridized carbons (Fsp3) is 0.385. The van der Waals surface area contributed by atoms with Gasteiger partial charge in [-0.1, -0.05) is 28.1 Å². The standard InChI is InChI=1S/C13H16BrNO3/c1-9(8-13(17)18)15-12(16)7-4-10-2-5-11(14)6-3-10/h2-3,5-6,9H,4,7-8H2,1H3,(H,15,16)(H,17,18). The highest BCUT2D eigenvalue weighted by molar-refractivity contribution is 9.10. The molecule has 0 aliphatic heterocycles. The Bertz CT molecular complexity index is 417. The highest BCUT2D eigenvalue weighted by Gasteiger charge is 2.10. The van der Waals surface area contributed by atoms with Gasteiger partial charge in [0.05, 0.1) is 6.42 Å². The summed E-state index contributed by atoms with van der Waals surface area (Å²) in [6.07, 6.45) is 0.967. The number of hydrogen-bond acceptors (Lipinski definition) is 2. The third-order valence-electron chi connectivity index (χ3n) is 2.44. The molecule has 5 heteroatoms. The minimum Gasteiger partial charge on any atom is -0.481 e. The molecule has 1 rings (SSSR count). The SMILES string of the molecule is CC(CC(=O)O)NC(=O)CCc1ccc(Br)cc1. The van der Waals surface area contributed by atoms with Crippen molar-refractivity contribution >= 4 is 27.8 Å². The first-order chi connectivity index (χ1) is 8.47. The van der Waals surface area contributed by atoms with Crippen LogP contribution in [0.15, 0.2) is 28.7 Å². The number of carbonyl (C=O) groups is 2. The Balaban J connectivity index is 2.32. The molecular weight excluding hydrogens is 298 g/mol. The van der Waals surface area contributed by atoms with E-state index in [4.69, 9.17) is 5.11 Å².